The fourth-order valence-corrected chi connectivity index (χ4v) is 3.66. The highest BCUT2D eigenvalue weighted by molar-refractivity contribution is 5.20. The van der Waals surface area contributed by atoms with Gasteiger partial charge in [0.15, 0.2) is 0 Å². The van der Waals surface area contributed by atoms with E-state index < -0.39 is 0 Å². The number of nitrogens with zero attached hydrogens (tertiary/aromatic N) is 4. The van der Waals surface area contributed by atoms with Gasteiger partial charge in [-0.1, -0.05) is 30.3 Å². The van der Waals surface area contributed by atoms with Gasteiger partial charge in [-0.25, -0.2) is 9.97 Å². The van der Waals surface area contributed by atoms with E-state index in [0.717, 1.165) is 51.5 Å². The van der Waals surface area contributed by atoms with Gasteiger partial charge in [-0.2, -0.15) is 0 Å². The third kappa shape index (κ3) is 4.81. The summed E-state index contributed by atoms with van der Waals surface area (Å²) in [4.78, 5) is 11.2. The highest BCUT2D eigenvalue weighted by Crippen LogP contribution is 2.17. The van der Waals surface area contributed by atoms with Crippen LogP contribution >= 0.6 is 0 Å². The van der Waals surface area contributed by atoms with E-state index in [1.54, 1.807) is 12.4 Å². The van der Waals surface area contributed by atoms with Crippen LogP contribution in [-0.4, -0.2) is 45.2 Å². The number of hydrogen-bond acceptors (Lipinski definition) is 4. The predicted molar refractivity (Wildman–Crippen MR) is 106 cm³/mol. The second-order valence-corrected chi connectivity index (χ2v) is 7.02. The Kier molecular flexibility index (Phi) is 5.92. The molecule has 1 aliphatic heterocycles. The molecule has 1 saturated heterocycles. The van der Waals surface area contributed by atoms with Crippen molar-refractivity contribution in [2.45, 2.75) is 31.9 Å². The van der Waals surface area contributed by atoms with Crippen LogP contribution in [0, 0.1) is 0 Å². The van der Waals surface area contributed by atoms with Gasteiger partial charge >= 0.3 is 0 Å². The molecular formula is C22H26N4O. The highest BCUT2D eigenvalue weighted by Gasteiger charge is 2.21. The Hall–Kier alpha value is -2.50. The molecule has 1 aromatic carbocycles. The van der Waals surface area contributed by atoms with Gasteiger partial charge in [0.2, 0.25) is 5.95 Å². The Morgan fingerprint density at radius 3 is 2.70 bits per heavy atom. The van der Waals surface area contributed by atoms with Gasteiger partial charge < -0.3 is 4.74 Å². The molecule has 140 valence electrons. The van der Waals surface area contributed by atoms with Gasteiger partial charge in [-0.15, -0.1) is 0 Å². The first-order chi connectivity index (χ1) is 13.4. The molecule has 3 heterocycles. The molecule has 4 rings (SSSR count). The summed E-state index contributed by atoms with van der Waals surface area (Å²) in [5.74, 6) is 0.727. The Labute approximate surface area is 160 Å². The topological polar surface area (TPSA) is 43.2 Å². The lowest BCUT2D eigenvalue weighted by Gasteiger charge is -2.33. The Bertz CT molecular complexity index is 819. The van der Waals surface area contributed by atoms with Crippen molar-refractivity contribution in [1.82, 2.24) is 19.4 Å². The fraction of sp³-hybridized carbons (Fsp3) is 0.364. The average molecular weight is 362 g/mol. The normalized spacial score (nSPS) is 17.9. The van der Waals surface area contributed by atoms with Crippen molar-refractivity contribution < 1.29 is 4.74 Å². The maximum Gasteiger partial charge on any atom is 0.233 e. The van der Waals surface area contributed by atoms with Crippen molar-refractivity contribution in [1.29, 1.82) is 0 Å². The van der Waals surface area contributed by atoms with Crippen LogP contribution in [0.1, 0.15) is 24.1 Å². The number of rotatable bonds is 7. The molecule has 0 spiro atoms. The number of aryl methyl sites for hydroxylation is 1. The summed E-state index contributed by atoms with van der Waals surface area (Å²) in [6, 6.07) is 16.7. The van der Waals surface area contributed by atoms with E-state index >= 15 is 0 Å². The largest absolute Gasteiger partial charge is 0.376 e. The number of benzene rings is 1. The number of morpholine rings is 1. The van der Waals surface area contributed by atoms with Crippen molar-refractivity contribution in [2.24, 2.45) is 0 Å². The van der Waals surface area contributed by atoms with Crippen LogP contribution in [0.4, 0.5) is 0 Å². The first-order valence-corrected chi connectivity index (χ1v) is 9.70. The molecule has 1 atom stereocenters. The fourth-order valence-electron chi connectivity index (χ4n) is 3.66. The Balaban J connectivity index is 1.31. The van der Waals surface area contributed by atoms with Crippen LogP contribution in [0.25, 0.3) is 5.95 Å². The maximum absolute atomic E-state index is 6.01. The molecule has 0 amide bonds. The SMILES string of the molecule is c1ccc(CCCC2CN(Cc3cccn3-c3ncccn3)CCO2)cc1. The molecule has 5 heteroatoms. The minimum atomic E-state index is 0.318. The molecule has 1 aliphatic rings. The minimum Gasteiger partial charge on any atom is -0.376 e. The molecule has 0 radical (unpaired) electrons. The van der Waals surface area contributed by atoms with Crippen molar-refractivity contribution in [3.63, 3.8) is 0 Å². The van der Waals surface area contributed by atoms with Gasteiger partial charge in [-0.05, 0) is 43.0 Å². The van der Waals surface area contributed by atoms with Gasteiger partial charge in [-0.3, -0.25) is 9.47 Å². The zero-order chi connectivity index (χ0) is 18.3. The van der Waals surface area contributed by atoms with Gasteiger partial charge in [0.25, 0.3) is 0 Å². The number of hydrogen-bond donors (Lipinski definition) is 0. The lowest BCUT2D eigenvalue weighted by molar-refractivity contribution is -0.0359. The molecule has 1 fully saturated rings. The van der Waals surface area contributed by atoms with Crippen LogP contribution in [-0.2, 0) is 17.7 Å². The zero-order valence-electron chi connectivity index (χ0n) is 15.6. The molecule has 3 aromatic rings. The van der Waals surface area contributed by atoms with Crippen LogP contribution in [0.2, 0.25) is 0 Å². The summed E-state index contributed by atoms with van der Waals surface area (Å²) in [5, 5.41) is 0. The predicted octanol–water partition coefficient (Wildman–Crippen LogP) is 3.49. The second-order valence-electron chi connectivity index (χ2n) is 7.02. The zero-order valence-corrected chi connectivity index (χ0v) is 15.6. The molecule has 0 N–H and O–H groups in total. The molecule has 0 bridgehead atoms. The Morgan fingerprint density at radius 1 is 1.00 bits per heavy atom. The minimum absolute atomic E-state index is 0.318. The van der Waals surface area contributed by atoms with Crippen molar-refractivity contribution in [2.75, 3.05) is 19.7 Å². The van der Waals surface area contributed by atoms with E-state index in [9.17, 15) is 0 Å². The van der Waals surface area contributed by atoms with E-state index in [2.05, 4.69) is 61.9 Å². The summed E-state index contributed by atoms with van der Waals surface area (Å²) in [6.07, 6.45) is 9.30. The summed E-state index contributed by atoms with van der Waals surface area (Å²) < 4.78 is 8.08. The molecular weight excluding hydrogens is 336 g/mol. The molecule has 2 aromatic heterocycles. The number of ether oxygens (including phenoxy) is 1. The lowest BCUT2D eigenvalue weighted by Crippen LogP contribution is -2.42. The first kappa shape index (κ1) is 17.9. The van der Waals surface area contributed by atoms with E-state index in [1.807, 2.05) is 12.3 Å². The third-order valence-corrected chi connectivity index (χ3v) is 5.04. The number of aromatic nitrogens is 3. The smallest absolute Gasteiger partial charge is 0.233 e. The van der Waals surface area contributed by atoms with Crippen molar-refractivity contribution >= 4 is 0 Å². The molecule has 1 unspecified atom stereocenters. The average Bonchev–Trinajstić information content (AvgIpc) is 3.18. The van der Waals surface area contributed by atoms with E-state index in [0.29, 0.717) is 6.10 Å². The second kappa shape index (κ2) is 8.93. The van der Waals surface area contributed by atoms with Gasteiger partial charge in [0.05, 0.1) is 12.7 Å². The molecule has 5 nitrogen and oxygen atoms in total. The lowest BCUT2D eigenvalue weighted by atomic mass is 10.1. The highest BCUT2D eigenvalue weighted by atomic mass is 16.5. The van der Waals surface area contributed by atoms with Crippen LogP contribution < -0.4 is 0 Å². The van der Waals surface area contributed by atoms with Gasteiger partial charge in [0, 0.05) is 43.9 Å². The standard InChI is InChI=1S/C22H26N4O/c1-2-7-19(8-3-1)9-4-11-21-18-25(15-16-27-21)17-20-10-5-14-26(20)22-23-12-6-13-24-22/h1-3,5-8,10,12-14,21H,4,9,11,15-18H2. The summed E-state index contributed by atoms with van der Waals surface area (Å²) in [5.41, 5.74) is 2.62. The monoisotopic (exact) mass is 362 g/mol. The molecule has 27 heavy (non-hydrogen) atoms. The maximum atomic E-state index is 6.01. The van der Waals surface area contributed by atoms with Crippen molar-refractivity contribution in [3.05, 3.63) is 78.4 Å². The van der Waals surface area contributed by atoms with E-state index in [1.165, 1.54) is 11.3 Å². The van der Waals surface area contributed by atoms with Crippen molar-refractivity contribution in [3.8, 4) is 5.95 Å². The van der Waals surface area contributed by atoms with E-state index in [4.69, 9.17) is 4.74 Å². The molecule has 0 aliphatic carbocycles. The Morgan fingerprint density at radius 2 is 1.85 bits per heavy atom. The van der Waals surface area contributed by atoms with Crippen LogP contribution in [0.3, 0.4) is 0 Å². The first-order valence-electron chi connectivity index (χ1n) is 9.70. The van der Waals surface area contributed by atoms with Crippen LogP contribution in [0.5, 0.6) is 0 Å². The van der Waals surface area contributed by atoms with Gasteiger partial charge in [0.1, 0.15) is 0 Å². The molecule has 0 saturated carbocycles. The van der Waals surface area contributed by atoms with Crippen LogP contribution in [0.15, 0.2) is 67.1 Å². The van der Waals surface area contributed by atoms with E-state index in [-0.39, 0.29) is 0 Å². The quantitative estimate of drug-likeness (QED) is 0.645. The summed E-state index contributed by atoms with van der Waals surface area (Å²) >= 11 is 0. The summed E-state index contributed by atoms with van der Waals surface area (Å²) in [7, 11) is 0. The third-order valence-electron chi connectivity index (χ3n) is 5.04. The summed E-state index contributed by atoms with van der Waals surface area (Å²) in [6.45, 7) is 3.65.